The number of hydrogen-bond acceptors (Lipinski definition) is 5. The molecule has 0 atom stereocenters. The van der Waals surface area contributed by atoms with Crippen LogP contribution < -0.4 is 10.9 Å². The highest BCUT2D eigenvalue weighted by molar-refractivity contribution is 5.90. The number of halogens is 2. The SMILES string of the molecule is O=C(Cn1cnc2c(nnn2-c2cccc(F)c2)c1=O)Nc1ccc(F)cc1. The fourth-order valence-electron chi connectivity index (χ4n) is 2.63. The number of amides is 1. The Hall–Kier alpha value is -3.95. The van der Waals surface area contributed by atoms with E-state index in [1.165, 1.54) is 53.5 Å². The zero-order valence-corrected chi connectivity index (χ0v) is 14.2. The van der Waals surface area contributed by atoms with Gasteiger partial charge in [-0.15, -0.1) is 5.10 Å². The summed E-state index contributed by atoms with van der Waals surface area (Å²) in [6.07, 6.45) is 1.19. The predicted octanol–water partition coefficient (Wildman–Crippen LogP) is 1.89. The van der Waals surface area contributed by atoms with Gasteiger partial charge in [-0.1, -0.05) is 11.3 Å². The first-order valence-corrected chi connectivity index (χ1v) is 8.13. The molecule has 28 heavy (non-hydrogen) atoms. The largest absolute Gasteiger partial charge is 0.325 e. The van der Waals surface area contributed by atoms with Crippen LogP contribution >= 0.6 is 0 Å². The number of fused-ring (bicyclic) bond motifs is 1. The van der Waals surface area contributed by atoms with Crippen molar-refractivity contribution >= 4 is 22.8 Å². The maximum Gasteiger partial charge on any atom is 0.284 e. The number of hydrogen-bond donors (Lipinski definition) is 1. The van der Waals surface area contributed by atoms with Gasteiger partial charge in [-0.05, 0) is 42.5 Å². The maximum atomic E-state index is 13.4. The second-order valence-corrected chi connectivity index (χ2v) is 5.89. The van der Waals surface area contributed by atoms with Crippen LogP contribution in [0.3, 0.4) is 0 Å². The van der Waals surface area contributed by atoms with Crippen LogP contribution in [0.2, 0.25) is 0 Å². The van der Waals surface area contributed by atoms with Gasteiger partial charge in [0.2, 0.25) is 5.91 Å². The van der Waals surface area contributed by atoms with Gasteiger partial charge < -0.3 is 5.32 Å². The quantitative estimate of drug-likeness (QED) is 0.582. The van der Waals surface area contributed by atoms with Gasteiger partial charge in [0, 0.05) is 5.69 Å². The molecule has 2 heterocycles. The van der Waals surface area contributed by atoms with E-state index in [0.29, 0.717) is 11.4 Å². The van der Waals surface area contributed by atoms with Crippen molar-refractivity contribution in [3.8, 4) is 5.69 Å². The molecule has 0 saturated heterocycles. The molecule has 0 fully saturated rings. The molecule has 0 unspecified atom stereocenters. The normalized spacial score (nSPS) is 10.9. The van der Waals surface area contributed by atoms with Crippen molar-refractivity contribution in [2.75, 3.05) is 5.32 Å². The number of benzene rings is 2. The smallest absolute Gasteiger partial charge is 0.284 e. The third-order valence-electron chi connectivity index (χ3n) is 3.92. The van der Waals surface area contributed by atoms with Gasteiger partial charge in [-0.2, -0.15) is 4.68 Å². The van der Waals surface area contributed by atoms with Crippen LogP contribution in [0, 0.1) is 11.6 Å². The molecule has 0 radical (unpaired) electrons. The Morgan fingerprint density at radius 3 is 2.61 bits per heavy atom. The molecule has 2 aromatic carbocycles. The van der Waals surface area contributed by atoms with E-state index in [4.69, 9.17) is 0 Å². The first-order chi connectivity index (χ1) is 13.5. The van der Waals surface area contributed by atoms with E-state index in [1.54, 1.807) is 6.07 Å². The molecule has 0 spiro atoms. The highest BCUT2D eigenvalue weighted by atomic mass is 19.1. The molecule has 0 bridgehead atoms. The van der Waals surface area contributed by atoms with Crippen LogP contribution in [0.4, 0.5) is 14.5 Å². The van der Waals surface area contributed by atoms with Crippen LogP contribution in [-0.2, 0) is 11.3 Å². The first-order valence-electron chi connectivity index (χ1n) is 8.13. The molecule has 1 N–H and O–H groups in total. The highest BCUT2D eigenvalue weighted by Crippen LogP contribution is 2.13. The van der Waals surface area contributed by atoms with Gasteiger partial charge in [0.05, 0.1) is 5.69 Å². The Morgan fingerprint density at radius 2 is 1.86 bits per heavy atom. The average Bonchev–Trinajstić information content (AvgIpc) is 3.11. The lowest BCUT2D eigenvalue weighted by Crippen LogP contribution is -2.28. The molecule has 0 aliphatic rings. The van der Waals surface area contributed by atoms with Gasteiger partial charge in [-0.25, -0.2) is 13.8 Å². The zero-order valence-electron chi connectivity index (χ0n) is 14.2. The van der Waals surface area contributed by atoms with E-state index >= 15 is 0 Å². The molecule has 4 aromatic rings. The third-order valence-corrected chi connectivity index (χ3v) is 3.92. The topological polar surface area (TPSA) is 94.7 Å². The van der Waals surface area contributed by atoms with E-state index in [9.17, 15) is 18.4 Å². The Balaban J connectivity index is 1.61. The Kier molecular flexibility index (Phi) is 4.36. The van der Waals surface area contributed by atoms with Crippen LogP contribution in [0.1, 0.15) is 0 Å². The summed E-state index contributed by atoms with van der Waals surface area (Å²) in [5, 5.41) is 10.2. The zero-order chi connectivity index (χ0) is 19.7. The van der Waals surface area contributed by atoms with Gasteiger partial charge in [0.15, 0.2) is 11.2 Å². The number of nitrogens with zero attached hydrogens (tertiary/aromatic N) is 5. The molecular formula is C18H12F2N6O2. The van der Waals surface area contributed by atoms with Gasteiger partial charge in [-0.3, -0.25) is 14.2 Å². The molecule has 2 aromatic heterocycles. The summed E-state index contributed by atoms with van der Waals surface area (Å²) < 4.78 is 28.7. The van der Waals surface area contributed by atoms with Crippen molar-refractivity contribution in [1.29, 1.82) is 0 Å². The minimum atomic E-state index is -0.568. The van der Waals surface area contributed by atoms with Crippen molar-refractivity contribution in [2.45, 2.75) is 6.54 Å². The summed E-state index contributed by atoms with van der Waals surface area (Å²) in [6.45, 7) is -0.314. The molecule has 1 amide bonds. The van der Waals surface area contributed by atoms with Gasteiger partial charge in [0.1, 0.15) is 24.5 Å². The summed E-state index contributed by atoms with van der Waals surface area (Å²) >= 11 is 0. The molecule has 8 nitrogen and oxygen atoms in total. The molecule has 140 valence electrons. The second kappa shape index (κ2) is 6.99. The summed E-state index contributed by atoms with van der Waals surface area (Å²) in [6, 6.07) is 10.8. The lowest BCUT2D eigenvalue weighted by Gasteiger charge is -2.07. The molecule has 4 rings (SSSR count). The van der Waals surface area contributed by atoms with Gasteiger partial charge in [0.25, 0.3) is 5.56 Å². The van der Waals surface area contributed by atoms with E-state index in [-0.39, 0.29) is 17.7 Å². The number of rotatable bonds is 4. The van der Waals surface area contributed by atoms with E-state index in [1.807, 2.05) is 0 Å². The van der Waals surface area contributed by atoms with Crippen LogP contribution in [0.15, 0.2) is 59.7 Å². The van der Waals surface area contributed by atoms with E-state index in [0.717, 1.165) is 4.57 Å². The summed E-state index contributed by atoms with van der Waals surface area (Å²) in [4.78, 5) is 28.8. The first kappa shape index (κ1) is 17.5. The lowest BCUT2D eigenvalue weighted by atomic mass is 10.3. The monoisotopic (exact) mass is 382 g/mol. The number of carbonyl (C=O) groups excluding carboxylic acids is 1. The molecular weight excluding hydrogens is 370 g/mol. The Labute approximate surface area is 156 Å². The average molecular weight is 382 g/mol. The molecule has 0 aliphatic heterocycles. The Morgan fingerprint density at radius 1 is 1.07 bits per heavy atom. The van der Waals surface area contributed by atoms with Crippen molar-refractivity contribution in [1.82, 2.24) is 24.5 Å². The Bertz CT molecular complexity index is 1230. The third kappa shape index (κ3) is 3.34. The minimum Gasteiger partial charge on any atom is -0.325 e. The number of carbonyl (C=O) groups is 1. The van der Waals surface area contributed by atoms with Gasteiger partial charge >= 0.3 is 0 Å². The molecule has 0 aliphatic carbocycles. The highest BCUT2D eigenvalue weighted by Gasteiger charge is 2.15. The standard InChI is InChI=1S/C18H12F2N6O2/c19-11-4-6-13(7-5-11)22-15(27)9-25-10-21-17-16(18(25)28)23-24-26(17)14-3-1-2-12(20)8-14/h1-8,10H,9H2,(H,22,27). The van der Waals surface area contributed by atoms with Crippen LogP contribution in [-0.4, -0.2) is 30.5 Å². The number of aromatic nitrogens is 5. The number of anilines is 1. The summed E-state index contributed by atoms with van der Waals surface area (Å²) in [7, 11) is 0. The van der Waals surface area contributed by atoms with Crippen molar-refractivity contribution in [3.05, 3.63) is 76.8 Å². The lowest BCUT2D eigenvalue weighted by molar-refractivity contribution is -0.116. The van der Waals surface area contributed by atoms with Crippen molar-refractivity contribution < 1.29 is 13.6 Å². The molecule has 0 saturated carbocycles. The molecule has 10 heteroatoms. The second-order valence-electron chi connectivity index (χ2n) is 5.89. The van der Waals surface area contributed by atoms with E-state index < -0.39 is 23.1 Å². The maximum absolute atomic E-state index is 13.4. The summed E-state index contributed by atoms with van der Waals surface area (Å²) in [5.74, 6) is -1.38. The fraction of sp³-hybridized carbons (Fsp3) is 0.0556. The summed E-state index contributed by atoms with van der Waals surface area (Å²) in [5.41, 5.74) is 0.279. The van der Waals surface area contributed by atoms with Crippen LogP contribution in [0.5, 0.6) is 0 Å². The van der Waals surface area contributed by atoms with E-state index in [2.05, 4.69) is 20.6 Å². The van der Waals surface area contributed by atoms with Crippen molar-refractivity contribution in [2.24, 2.45) is 0 Å². The minimum absolute atomic E-state index is 0.0543. The van der Waals surface area contributed by atoms with Crippen molar-refractivity contribution in [3.63, 3.8) is 0 Å². The number of nitrogens with one attached hydrogen (secondary N) is 1. The fourth-order valence-corrected chi connectivity index (χ4v) is 2.63. The van der Waals surface area contributed by atoms with Crippen LogP contribution in [0.25, 0.3) is 16.9 Å². The predicted molar refractivity (Wildman–Crippen MR) is 95.9 cm³/mol.